The van der Waals surface area contributed by atoms with Gasteiger partial charge in [-0.15, -0.1) is 0 Å². The Morgan fingerprint density at radius 3 is 2.48 bits per heavy atom. The Kier molecular flexibility index (Phi) is 5.82. The average molecular weight is 391 g/mol. The molecule has 0 unspecified atom stereocenters. The maximum Gasteiger partial charge on any atom is 0.416 e. The molecule has 2 rings (SSSR count). The van der Waals surface area contributed by atoms with E-state index in [4.69, 9.17) is 4.74 Å². The molecule has 0 fully saturated rings. The first kappa shape index (κ1) is 20.3. The topological polar surface area (TPSA) is 73.2 Å². The summed E-state index contributed by atoms with van der Waals surface area (Å²) in [5.41, 5.74) is -3.36. The van der Waals surface area contributed by atoms with Crippen molar-refractivity contribution in [2.75, 3.05) is 11.9 Å². The van der Waals surface area contributed by atoms with Crippen molar-refractivity contribution in [2.24, 2.45) is 7.05 Å². The highest BCUT2D eigenvalue weighted by atomic mass is 19.4. The van der Waals surface area contributed by atoms with Crippen molar-refractivity contribution in [3.63, 3.8) is 0 Å². The number of amides is 1. The third kappa shape index (κ3) is 4.60. The standard InChI is InChI=1S/C16H14F5N3O3/c1-3-27-15(26)9-5-4-8(16(19,20)21)6-11(9)22-14(25)10-7-24(2)23-12(10)13(17)18/h4-7,13H,3H2,1-2H3,(H,22,25). The summed E-state index contributed by atoms with van der Waals surface area (Å²) in [7, 11) is 1.30. The molecule has 0 aliphatic heterocycles. The van der Waals surface area contributed by atoms with E-state index in [1.165, 1.54) is 14.0 Å². The van der Waals surface area contributed by atoms with Crippen LogP contribution in [0.25, 0.3) is 0 Å². The van der Waals surface area contributed by atoms with Crippen LogP contribution in [-0.2, 0) is 18.0 Å². The lowest BCUT2D eigenvalue weighted by molar-refractivity contribution is -0.137. The number of nitrogens with one attached hydrogen (secondary N) is 1. The Morgan fingerprint density at radius 2 is 1.93 bits per heavy atom. The molecule has 1 N–H and O–H groups in total. The Bertz CT molecular complexity index is 861. The number of aryl methyl sites for hydroxylation is 1. The van der Waals surface area contributed by atoms with Gasteiger partial charge in [0.2, 0.25) is 0 Å². The van der Waals surface area contributed by atoms with Crippen LogP contribution in [0.15, 0.2) is 24.4 Å². The minimum atomic E-state index is -4.74. The highest BCUT2D eigenvalue weighted by Gasteiger charge is 2.32. The minimum absolute atomic E-state index is 0.0502. The van der Waals surface area contributed by atoms with Crippen molar-refractivity contribution >= 4 is 17.6 Å². The zero-order valence-corrected chi connectivity index (χ0v) is 14.1. The molecular formula is C16H14F5N3O3. The van der Waals surface area contributed by atoms with Gasteiger partial charge in [0.05, 0.1) is 29.0 Å². The molecule has 0 saturated carbocycles. The molecule has 11 heteroatoms. The fraction of sp³-hybridized carbons (Fsp3) is 0.312. The first-order chi connectivity index (χ1) is 12.5. The molecule has 6 nitrogen and oxygen atoms in total. The molecule has 0 aliphatic carbocycles. The van der Waals surface area contributed by atoms with E-state index >= 15 is 0 Å². The summed E-state index contributed by atoms with van der Waals surface area (Å²) in [6.07, 6.45) is -6.82. The molecule has 1 amide bonds. The first-order valence-corrected chi connectivity index (χ1v) is 7.56. The number of rotatable bonds is 5. The van der Waals surface area contributed by atoms with Crippen LogP contribution in [0.1, 0.15) is 45.3 Å². The zero-order chi connectivity index (χ0) is 20.4. The molecular weight excluding hydrogens is 377 g/mol. The number of aromatic nitrogens is 2. The van der Waals surface area contributed by atoms with E-state index in [1.807, 2.05) is 0 Å². The van der Waals surface area contributed by atoms with Gasteiger partial charge in [0.1, 0.15) is 5.69 Å². The zero-order valence-electron chi connectivity index (χ0n) is 14.1. The Balaban J connectivity index is 2.46. The van der Waals surface area contributed by atoms with Gasteiger partial charge in [0.15, 0.2) is 0 Å². The maximum absolute atomic E-state index is 13.0. The van der Waals surface area contributed by atoms with Crippen molar-refractivity contribution in [3.05, 3.63) is 46.8 Å². The number of hydrogen-bond donors (Lipinski definition) is 1. The van der Waals surface area contributed by atoms with Crippen molar-refractivity contribution in [2.45, 2.75) is 19.5 Å². The highest BCUT2D eigenvalue weighted by Crippen LogP contribution is 2.33. The number of ether oxygens (including phenoxy) is 1. The summed E-state index contributed by atoms with van der Waals surface area (Å²) in [5.74, 6) is -2.11. The summed E-state index contributed by atoms with van der Waals surface area (Å²) in [6.45, 7) is 1.44. The van der Waals surface area contributed by atoms with Crippen LogP contribution in [0.5, 0.6) is 0 Å². The maximum atomic E-state index is 13.0. The fourth-order valence-electron chi connectivity index (χ4n) is 2.24. The van der Waals surface area contributed by atoms with Gasteiger partial charge in [-0.05, 0) is 25.1 Å². The van der Waals surface area contributed by atoms with E-state index < -0.39 is 47.0 Å². The van der Waals surface area contributed by atoms with Gasteiger partial charge in [0, 0.05) is 13.2 Å². The number of carbonyl (C=O) groups excluding carboxylic acids is 2. The van der Waals surface area contributed by atoms with E-state index in [-0.39, 0.29) is 12.2 Å². The molecule has 1 aromatic carbocycles. The van der Waals surface area contributed by atoms with Crippen molar-refractivity contribution in [1.29, 1.82) is 0 Å². The van der Waals surface area contributed by atoms with Gasteiger partial charge >= 0.3 is 12.1 Å². The van der Waals surface area contributed by atoms with E-state index in [0.29, 0.717) is 12.1 Å². The second-order valence-electron chi connectivity index (χ2n) is 5.34. The summed E-state index contributed by atoms with van der Waals surface area (Å²) < 4.78 is 70.5. The van der Waals surface area contributed by atoms with Crippen LogP contribution in [-0.4, -0.2) is 28.3 Å². The van der Waals surface area contributed by atoms with Crippen molar-refractivity contribution in [3.8, 4) is 0 Å². The van der Waals surface area contributed by atoms with Gasteiger partial charge in [-0.1, -0.05) is 0 Å². The molecule has 0 aliphatic rings. The Labute approximate surface area is 149 Å². The van der Waals surface area contributed by atoms with E-state index in [9.17, 15) is 31.5 Å². The normalized spacial score (nSPS) is 11.6. The second-order valence-corrected chi connectivity index (χ2v) is 5.34. The molecule has 0 bridgehead atoms. The van der Waals surface area contributed by atoms with E-state index in [2.05, 4.69) is 10.4 Å². The number of anilines is 1. The smallest absolute Gasteiger partial charge is 0.416 e. The largest absolute Gasteiger partial charge is 0.462 e. The summed E-state index contributed by atoms with van der Waals surface area (Å²) in [5, 5.41) is 5.51. The molecule has 0 atom stereocenters. The van der Waals surface area contributed by atoms with Crippen LogP contribution in [0.3, 0.4) is 0 Å². The van der Waals surface area contributed by atoms with E-state index in [0.717, 1.165) is 16.9 Å². The SMILES string of the molecule is CCOC(=O)c1ccc(C(F)(F)F)cc1NC(=O)c1cn(C)nc1C(F)F. The van der Waals surface area contributed by atoms with Gasteiger partial charge in [-0.25, -0.2) is 13.6 Å². The van der Waals surface area contributed by atoms with Crippen LogP contribution < -0.4 is 5.32 Å². The summed E-state index contributed by atoms with van der Waals surface area (Å²) >= 11 is 0. The number of benzene rings is 1. The number of alkyl halides is 5. The lowest BCUT2D eigenvalue weighted by Gasteiger charge is -2.14. The molecule has 2 aromatic rings. The Hall–Kier alpha value is -2.98. The molecule has 27 heavy (non-hydrogen) atoms. The van der Waals surface area contributed by atoms with E-state index in [1.54, 1.807) is 0 Å². The molecule has 0 spiro atoms. The predicted octanol–water partition coefficient (Wildman–Crippen LogP) is 3.81. The number of hydrogen-bond acceptors (Lipinski definition) is 4. The average Bonchev–Trinajstić information content (AvgIpc) is 2.96. The molecule has 0 radical (unpaired) electrons. The van der Waals surface area contributed by atoms with Crippen LogP contribution in [0.4, 0.5) is 27.6 Å². The second kappa shape index (κ2) is 7.72. The predicted molar refractivity (Wildman–Crippen MR) is 83.5 cm³/mol. The lowest BCUT2D eigenvalue weighted by atomic mass is 10.1. The minimum Gasteiger partial charge on any atom is -0.462 e. The Morgan fingerprint density at radius 1 is 1.26 bits per heavy atom. The number of halogens is 5. The van der Waals surface area contributed by atoms with Crippen LogP contribution in [0, 0.1) is 0 Å². The van der Waals surface area contributed by atoms with Crippen molar-refractivity contribution < 1.29 is 36.3 Å². The van der Waals surface area contributed by atoms with Gasteiger partial charge in [-0.3, -0.25) is 9.48 Å². The monoisotopic (exact) mass is 391 g/mol. The third-order valence-corrected chi connectivity index (χ3v) is 3.40. The molecule has 1 heterocycles. The molecule has 146 valence electrons. The molecule has 0 saturated heterocycles. The fourth-order valence-corrected chi connectivity index (χ4v) is 2.24. The van der Waals surface area contributed by atoms with Gasteiger partial charge in [-0.2, -0.15) is 18.3 Å². The quantitative estimate of drug-likeness (QED) is 0.622. The first-order valence-electron chi connectivity index (χ1n) is 7.56. The molecule has 1 aromatic heterocycles. The van der Waals surface area contributed by atoms with Crippen LogP contribution >= 0.6 is 0 Å². The number of nitrogens with zero attached hydrogens (tertiary/aromatic N) is 2. The highest BCUT2D eigenvalue weighted by molar-refractivity contribution is 6.08. The number of carbonyl (C=O) groups is 2. The summed E-state index contributed by atoms with van der Waals surface area (Å²) in [4.78, 5) is 24.2. The number of esters is 1. The van der Waals surface area contributed by atoms with Gasteiger partial charge in [0.25, 0.3) is 12.3 Å². The third-order valence-electron chi connectivity index (χ3n) is 3.40. The van der Waals surface area contributed by atoms with Gasteiger partial charge < -0.3 is 10.1 Å². The van der Waals surface area contributed by atoms with Crippen molar-refractivity contribution in [1.82, 2.24) is 9.78 Å². The lowest BCUT2D eigenvalue weighted by Crippen LogP contribution is -2.18. The van der Waals surface area contributed by atoms with Crippen LogP contribution in [0.2, 0.25) is 0 Å². The summed E-state index contributed by atoms with van der Waals surface area (Å²) in [6, 6.07) is 2.02.